The summed E-state index contributed by atoms with van der Waals surface area (Å²) in [6, 6.07) is 7.11. The first-order valence-corrected chi connectivity index (χ1v) is 11.2. The van der Waals surface area contributed by atoms with Crippen LogP contribution >= 0.6 is 23.4 Å². The third kappa shape index (κ3) is 4.87. The second kappa shape index (κ2) is 9.22. The molecule has 2 N–H and O–H groups in total. The van der Waals surface area contributed by atoms with Crippen molar-refractivity contribution in [2.75, 3.05) is 6.61 Å². The van der Waals surface area contributed by atoms with Crippen LogP contribution in [-0.2, 0) is 25.7 Å². The van der Waals surface area contributed by atoms with Crippen LogP contribution in [0.1, 0.15) is 37.7 Å². The van der Waals surface area contributed by atoms with Gasteiger partial charge in [0.15, 0.2) is 6.61 Å². The fourth-order valence-electron chi connectivity index (χ4n) is 3.80. The number of amidine groups is 1. The molecule has 0 radical (unpaired) electrons. The van der Waals surface area contributed by atoms with Crippen molar-refractivity contribution in [3.63, 3.8) is 0 Å². The zero-order valence-electron chi connectivity index (χ0n) is 16.3. The zero-order valence-corrected chi connectivity index (χ0v) is 17.9. The summed E-state index contributed by atoms with van der Waals surface area (Å²) in [6.45, 7) is -0.0168. The molecule has 4 rings (SSSR count). The number of halogens is 1. The lowest BCUT2D eigenvalue weighted by Gasteiger charge is -2.25. The van der Waals surface area contributed by atoms with Crippen LogP contribution in [0.4, 0.5) is 0 Å². The second-order valence-electron chi connectivity index (χ2n) is 7.42. The molecule has 0 aromatic heterocycles. The lowest BCUT2D eigenvalue weighted by Crippen LogP contribution is -2.44. The Labute approximate surface area is 183 Å². The van der Waals surface area contributed by atoms with Gasteiger partial charge < -0.3 is 15.4 Å². The lowest BCUT2D eigenvalue weighted by molar-refractivity contribution is -0.148. The van der Waals surface area contributed by atoms with Crippen molar-refractivity contribution in [1.82, 2.24) is 10.6 Å². The molecule has 2 heterocycles. The van der Waals surface area contributed by atoms with E-state index in [0.29, 0.717) is 17.4 Å². The summed E-state index contributed by atoms with van der Waals surface area (Å²) in [6.07, 6.45) is 3.47. The first-order valence-electron chi connectivity index (χ1n) is 9.92. The molecule has 0 bridgehead atoms. The number of benzene rings is 1. The quantitative estimate of drug-likeness (QED) is 0.626. The number of hydrogen-bond donors (Lipinski definition) is 2. The van der Waals surface area contributed by atoms with E-state index in [1.54, 1.807) is 23.9 Å². The second-order valence-corrected chi connectivity index (χ2v) is 9.06. The zero-order chi connectivity index (χ0) is 21.1. The minimum Gasteiger partial charge on any atom is -0.456 e. The number of nitrogens with zero attached hydrogens (tertiary/aromatic N) is 1. The molecule has 0 fully saturated rings. The van der Waals surface area contributed by atoms with E-state index >= 15 is 0 Å². The number of amides is 2. The highest BCUT2D eigenvalue weighted by Gasteiger charge is 2.44. The number of carbonyl (C=O) groups is 3. The number of rotatable bonds is 7. The van der Waals surface area contributed by atoms with E-state index in [2.05, 4.69) is 15.6 Å². The van der Waals surface area contributed by atoms with Crippen LogP contribution in [0.25, 0.3) is 0 Å². The molecule has 0 saturated heterocycles. The molecular formula is C21H22ClN3O4S. The molecule has 1 aliphatic carbocycles. The number of carbonyl (C=O) groups excluding carboxylic acids is 3. The monoisotopic (exact) mass is 447 g/mol. The predicted octanol–water partition coefficient (Wildman–Crippen LogP) is 2.94. The van der Waals surface area contributed by atoms with Crippen LogP contribution in [0, 0.1) is 5.92 Å². The fourth-order valence-corrected chi connectivity index (χ4v) is 5.47. The average Bonchev–Trinajstić information content (AvgIpc) is 3.31. The summed E-state index contributed by atoms with van der Waals surface area (Å²) >= 11 is 7.50. The summed E-state index contributed by atoms with van der Waals surface area (Å²) < 4.78 is 5.02. The third-order valence-electron chi connectivity index (χ3n) is 5.30. The minimum absolute atomic E-state index is 0.0284. The predicted molar refractivity (Wildman–Crippen MR) is 115 cm³/mol. The number of thioether (sulfide) groups is 1. The topological polar surface area (TPSA) is 96.9 Å². The molecule has 2 amide bonds. The SMILES string of the molecule is O=C(COC(=O)CCC1=N[C@H]2SC3=C(CCC3)[C@H]2C(=O)N1)NCc1ccc(Cl)cc1. The maximum atomic E-state index is 12.5. The number of esters is 1. The van der Waals surface area contributed by atoms with Crippen molar-refractivity contribution >= 4 is 47.0 Å². The van der Waals surface area contributed by atoms with Gasteiger partial charge in [0.2, 0.25) is 5.91 Å². The van der Waals surface area contributed by atoms with E-state index in [0.717, 1.165) is 24.8 Å². The largest absolute Gasteiger partial charge is 0.456 e. The summed E-state index contributed by atoms with van der Waals surface area (Å²) in [5.41, 5.74) is 2.14. The molecule has 7 nitrogen and oxygen atoms in total. The molecule has 30 heavy (non-hydrogen) atoms. The van der Waals surface area contributed by atoms with E-state index < -0.39 is 5.97 Å². The highest BCUT2D eigenvalue weighted by atomic mass is 35.5. The van der Waals surface area contributed by atoms with E-state index in [9.17, 15) is 14.4 Å². The number of hydrogen-bond acceptors (Lipinski definition) is 6. The summed E-state index contributed by atoms with van der Waals surface area (Å²) in [4.78, 5) is 42.2. The molecule has 2 aliphatic heterocycles. The van der Waals surface area contributed by atoms with Crippen LogP contribution < -0.4 is 10.6 Å². The number of nitrogens with one attached hydrogen (secondary N) is 2. The minimum atomic E-state index is -0.504. The number of aliphatic imine (C=N–C) groups is 1. The molecule has 0 spiro atoms. The standard InChI is InChI=1S/C21H22ClN3O4S/c22-13-6-4-12(5-7-13)10-23-17(26)11-29-18(27)9-8-16-24-20(28)19-14-2-1-3-15(14)30-21(19)25-16/h4-7,19,21H,1-3,8-11H2,(H,23,26)(H,24,25,28)/t19-,21-/m0/s1. The van der Waals surface area contributed by atoms with Crippen molar-refractivity contribution in [1.29, 1.82) is 0 Å². The van der Waals surface area contributed by atoms with E-state index in [4.69, 9.17) is 16.3 Å². The van der Waals surface area contributed by atoms with Gasteiger partial charge in [0.1, 0.15) is 11.2 Å². The summed E-state index contributed by atoms with van der Waals surface area (Å²) in [5.74, 6) is -0.561. The smallest absolute Gasteiger partial charge is 0.306 e. The molecule has 3 aliphatic rings. The first kappa shape index (κ1) is 20.9. The van der Waals surface area contributed by atoms with Gasteiger partial charge in [-0.15, -0.1) is 11.8 Å². The normalized spacial score (nSPS) is 22.2. The molecule has 1 aromatic carbocycles. The average molecular weight is 448 g/mol. The summed E-state index contributed by atoms with van der Waals surface area (Å²) in [7, 11) is 0. The van der Waals surface area contributed by atoms with Gasteiger partial charge in [0.25, 0.3) is 5.91 Å². The Kier molecular flexibility index (Phi) is 6.43. The maximum absolute atomic E-state index is 12.5. The van der Waals surface area contributed by atoms with Gasteiger partial charge in [0.05, 0.1) is 12.3 Å². The van der Waals surface area contributed by atoms with Crippen LogP contribution in [-0.4, -0.2) is 35.6 Å². The molecule has 9 heteroatoms. The molecular weight excluding hydrogens is 426 g/mol. The van der Waals surface area contributed by atoms with Gasteiger partial charge in [-0.25, -0.2) is 0 Å². The Morgan fingerprint density at radius 1 is 1.27 bits per heavy atom. The van der Waals surface area contributed by atoms with Gasteiger partial charge in [-0.1, -0.05) is 23.7 Å². The van der Waals surface area contributed by atoms with Crippen molar-refractivity contribution in [3.05, 3.63) is 45.3 Å². The van der Waals surface area contributed by atoms with Gasteiger partial charge in [-0.05, 0) is 47.4 Å². The number of ether oxygens (including phenoxy) is 1. The van der Waals surface area contributed by atoms with Crippen LogP contribution in [0.2, 0.25) is 5.02 Å². The van der Waals surface area contributed by atoms with E-state index in [-0.39, 0.29) is 42.6 Å². The Morgan fingerprint density at radius 3 is 2.87 bits per heavy atom. The Bertz CT molecular complexity index is 929. The Hall–Kier alpha value is -2.32. The van der Waals surface area contributed by atoms with Gasteiger partial charge in [-0.3, -0.25) is 19.4 Å². The molecule has 2 atom stereocenters. The van der Waals surface area contributed by atoms with Crippen LogP contribution in [0.15, 0.2) is 39.7 Å². The van der Waals surface area contributed by atoms with Gasteiger partial charge in [-0.2, -0.15) is 0 Å². The van der Waals surface area contributed by atoms with E-state index in [1.807, 2.05) is 12.1 Å². The molecule has 1 aromatic rings. The molecule has 0 saturated carbocycles. The molecule has 158 valence electrons. The number of fused-ring (bicyclic) bond motifs is 2. The Balaban J connectivity index is 1.18. The molecule has 0 unspecified atom stereocenters. The van der Waals surface area contributed by atoms with Crippen molar-refractivity contribution in [2.45, 2.75) is 44.0 Å². The van der Waals surface area contributed by atoms with E-state index in [1.165, 1.54) is 10.5 Å². The van der Waals surface area contributed by atoms with Crippen molar-refractivity contribution in [2.24, 2.45) is 10.9 Å². The third-order valence-corrected chi connectivity index (χ3v) is 6.92. The van der Waals surface area contributed by atoms with Crippen LogP contribution in [0.3, 0.4) is 0 Å². The highest BCUT2D eigenvalue weighted by molar-refractivity contribution is 8.04. The van der Waals surface area contributed by atoms with Gasteiger partial charge >= 0.3 is 5.97 Å². The summed E-state index contributed by atoms with van der Waals surface area (Å²) in [5, 5.41) is 6.03. The maximum Gasteiger partial charge on any atom is 0.306 e. The fraction of sp³-hybridized carbons (Fsp3) is 0.429. The Morgan fingerprint density at radius 2 is 2.07 bits per heavy atom. The van der Waals surface area contributed by atoms with Gasteiger partial charge in [0, 0.05) is 18.0 Å². The first-order chi connectivity index (χ1) is 14.5. The lowest BCUT2D eigenvalue weighted by atomic mass is 9.96. The highest BCUT2D eigenvalue weighted by Crippen LogP contribution is 2.51. The van der Waals surface area contributed by atoms with Crippen molar-refractivity contribution in [3.8, 4) is 0 Å². The van der Waals surface area contributed by atoms with Crippen molar-refractivity contribution < 1.29 is 19.1 Å². The number of allylic oxidation sites excluding steroid dienone is 1. The van der Waals surface area contributed by atoms with Crippen LogP contribution in [0.5, 0.6) is 0 Å².